The van der Waals surface area contributed by atoms with E-state index < -0.39 is 0 Å². The minimum absolute atomic E-state index is 0.0992. The fraction of sp³-hybridized carbons (Fsp3) is 0.222. The van der Waals surface area contributed by atoms with Crippen molar-refractivity contribution in [1.82, 2.24) is 0 Å². The van der Waals surface area contributed by atoms with Crippen LogP contribution in [0.2, 0.25) is 0 Å². The minimum atomic E-state index is -0.0992. The van der Waals surface area contributed by atoms with Gasteiger partial charge >= 0.3 is 0 Å². The summed E-state index contributed by atoms with van der Waals surface area (Å²) in [6.45, 7) is 3.84. The molecule has 0 aliphatic heterocycles. The van der Waals surface area contributed by atoms with E-state index in [1.165, 1.54) is 13.8 Å². The van der Waals surface area contributed by atoms with Gasteiger partial charge < -0.3 is 15.4 Å². The number of benzene rings is 2. The van der Waals surface area contributed by atoms with E-state index >= 15 is 0 Å². The third kappa shape index (κ3) is 5.92. The Labute approximate surface area is 135 Å². The van der Waals surface area contributed by atoms with Crippen LogP contribution < -0.4 is 10.6 Å². The molecule has 0 saturated heterocycles. The maximum atomic E-state index is 11.1. The van der Waals surface area contributed by atoms with Crippen LogP contribution in [0.25, 0.3) is 0 Å². The maximum absolute atomic E-state index is 11.1. The van der Waals surface area contributed by atoms with Crippen LogP contribution in [-0.2, 0) is 27.5 Å². The molecule has 0 radical (unpaired) electrons. The molecule has 2 N–H and O–H groups in total. The number of nitrogens with one attached hydrogen (secondary N) is 2. The first kappa shape index (κ1) is 16.7. The second-order valence-electron chi connectivity index (χ2n) is 5.26. The van der Waals surface area contributed by atoms with Crippen molar-refractivity contribution in [2.24, 2.45) is 0 Å². The van der Waals surface area contributed by atoms with Gasteiger partial charge in [-0.2, -0.15) is 0 Å². The van der Waals surface area contributed by atoms with E-state index in [-0.39, 0.29) is 11.8 Å². The van der Waals surface area contributed by atoms with Crippen molar-refractivity contribution in [3.05, 3.63) is 59.7 Å². The molecule has 2 aromatic carbocycles. The summed E-state index contributed by atoms with van der Waals surface area (Å²) in [6, 6.07) is 15.1. The predicted octanol–water partition coefficient (Wildman–Crippen LogP) is 3.32. The van der Waals surface area contributed by atoms with Crippen LogP contribution in [0, 0.1) is 0 Å². The van der Waals surface area contributed by atoms with E-state index in [0.29, 0.717) is 13.2 Å². The molecule has 2 amide bonds. The first-order chi connectivity index (χ1) is 11.0. The highest BCUT2D eigenvalue weighted by Crippen LogP contribution is 2.14. The van der Waals surface area contributed by atoms with Crippen LogP contribution in [-0.4, -0.2) is 11.8 Å². The number of hydrogen-bond acceptors (Lipinski definition) is 3. The van der Waals surface area contributed by atoms with Crippen LogP contribution in [0.1, 0.15) is 25.0 Å². The van der Waals surface area contributed by atoms with E-state index in [1.807, 2.05) is 48.5 Å². The van der Waals surface area contributed by atoms with Crippen LogP contribution in [0.4, 0.5) is 11.4 Å². The summed E-state index contributed by atoms with van der Waals surface area (Å²) >= 11 is 0. The predicted molar refractivity (Wildman–Crippen MR) is 90.0 cm³/mol. The molecule has 0 heterocycles. The van der Waals surface area contributed by atoms with E-state index in [1.54, 1.807) is 0 Å². The third-order valence-electron chi connectivity index (χ3n) is 3.03. The molecule has 0 unspecified atom stereocenters. The molecule has 2 rings (SSSR count). The molecule has 0 aromatic heterocycles. The fourth-order valence-corrected chi connectivity index (χ4v) is 2.17. The third-order valence-corrected chi connectivity index (χ3v) is 3.03. The first-order valence-corrected chi connectivity index (χ1v) is 7.34. The Bertz CT molecular complexity index is 639. The second kappa shape index (κ2) is 8.10. The molecule has 120 valence electrons. The van der Waals surface area contributed by atoms with Crippen molar-refractivity contribution in [2.45, 2.75) is 27.1 Å². The van der Waals surface area contributed by atoms with Crippen molar-refractivity contribution in [2.75, 3.05) is 10.6 Å². The Morgan fingerprint density at radius 2 is 1.26 bits per heavy atom. The summed E-state index contributed by atoms with van der Waals surface area (Å²) in [7, 11) is 0. The molecule has 0 fully saturated rings. The molecule has 5 heteroatoms. The Hall–Kier alpha value is -2.66. The molecule has 0 bridgehead atoms. The van der Waals surface area contributed by atoms with Crippen LogP contribution in [0.3, 0.4) is 0 Å². The number of carbonyl (C=O) groups excluding carboxylic acids is 2. The minimum Gasteiger partial charge on any atom is -0.372 e. The zero-order valence-electron chi connectivity index (χ0n) is 13.3. The Kier molecular flexibility index (Phi) is 5.88. The number of amides is 2. The monoisotopic (exact) mass is 312 g/mol. The molecule has 0 aliphatic carbocycles. The van der Waals surface area contributed by atoms with Gasteiger partial charge in [0.1, 0.15) is 0 Å². The number of rotatable bonds is 6. The van der Waals surface area contributed by atoms with Crippen LogP contribution >= 0.6 is 0 Å². The van der Waals surface area contributed by atoms with Gasteiger partial charge in [0.2, 0.25) is 11.8 Å². The highest BCUT2D eigenvalue weighted by Gasteiger charge is 2.01. The Balaban J connectivity index is 1.89. The number of anilines is 2. The molecular formula is C18H20N2O3. The molecule has 2 aromatic rings. The molecule has 0 saturated carbocycles. The zero-order valence-corrected chi connectivity index (χ0v) is 13.3. The van der Waals surface area contributed by atoms with Crippen LogP contribution in [0.15, 0.2) is 48.5 Å². The highest BCUT2D eigenvalue weighted by atomic mass is 16.5. The fourth-order valence-electron chi connectivity index (χ4n) is 2.17. The highest BCUT2D eigenvalue weighted by molar-refractivity contribution is 5.89. The van der Waals surface area contributed by atoms with Gasteiger partial charge in [0.05, 0.1) is 13.2 Å². The zero-order chi connectivity index (χ0) is 16.7. The lowest BCUT2D eigenvalue weighted by Crippen LogP contribution is -2.06. The maximum Gasteiger partial charge on any atom is 0.221 e. The summed E-state index contributed by atoms with van der Waals surface area (Å²) in [5.41, 5.74) is 3.47. The molecule has 0 aliphatic rings. The van der Waals surface area contributed by atoms with Gasteiger partial charge in [-0.25, -0.2) is 0 Å². The van der Waals surface area contributed by atoms with Crippen LogP contribution in [0.5, 0.6) is 0 Å². The van der Waals surface area contributed by atoms with Gasteiger partial charge in [0.25, 0.3) is 0 Å². The van der Waals surface area contributed by atoms with Gasteiger partial charge in [-0.1, -0.05) is 24.3 Å². The molecule has 0 atom stereocenters. The standard InChI is InChI=1S/C18H20N2O3/c1-13(21)19-17-7-3-5-15(9-17)11-23-12-16-6-4-8-18(10-16)20-14(2)22/h3-10H,11-12H2,1-2H3,(H,19,21)(H,20,22). The summed E-state index contributed by atoms with van der Waals surface area (Å²) < 4.78 is 5.70. The largest absolute Gasteiger partial charge is 0.372 e. The van der Waals surface area contributed by atoms with E-state index in [4.69, 9.17) is 4.74 Å². The van der Waals surface area contributed by atoms with Crippen molar-refractivity contribution < 1.29 is 14.3 Å². The molecule has 0 spiro atoms. The normalized spacial score (nSPS) is 10.2. The van der Waals surface area contributed by atoms with Crippen molar-refractivity contribution in [3.63, 3.8) is 0 Å². The van der Waals surface area contributed by atoms with E-state index in [9.17, 15) is 9.59 Å². The quantitative estimate of drug-likeness (QED) is 0.860. The molecular weight excluding hydrogens is 292 g/mol. The van der Waals surface area contributed by atoms with Gasteiger partial charge in [-0.15, -0.1) is 0 Å². The number of carbonyl (C=O) groups is 2. The van der Waals surface area contributed by atoms with Gasteiger partial charge in [0.15, 0.2) is 0 Å². The number of hydrogen-bond donors (Lipinski definition) is 2. The lowest BCUT2D eigenvalue weighted by atomic mass is 10.2. The van der Waals surface area contributed by atoms with Crippen molar-refractivity contribution in [1.29, 1.82) is 0 Å². The second-order valence-corrected chi connectivity index (χ2v) is 5.26. The van der Waals surface area contributed by atoms with Crippen molar-refractivity contribution in [3.8, 4) is 0 Å². The average molecular weight is 312 g/mol. The van der Waals surface area contributed by atoms with E-state index in [0.717, 1.165) is 22.5 Å². The SMILES string of the molecule is CC(=O)Nc1cccc(COCc2cccc(NC(C)=O)c2)c1. The van der Waals surface area contributed by atoms with E-state index in [2.05, 4.69) is 10.6 Å². The Morgan fingerprint density at radius 3 is 1.65 bits per heavy atom. The summed E-state index contributed by atoms with van der Waals surface area (Å²) in [4.78, 5) is 22.1. The lowest BCUT2D eigenvalue weighted by Gasteiger charge is -2.08. The Morgan fingerprint density at radius 1 is 0.826 bits per heavy atom. The molecule has 5 nitrogen and oxygen atoms in total. The first-order valence-electron chi connectivity index (χ1n) is 7.34. The summed E-state index contributed by atoms with van der Waals surface area (Å²) in [5.74, 6) is -0.198. The average Bonchev–Trinajstić information content (AvgIpc) is 2.46. The topological polar surface area (TPSA) is 67.4 Å². The van der Waals surface area contributed by atoms with Gasteiger partial charge in [-0.3, -0.25) is 9.59 Å². The number of ether oxygens (including phenoxy) is 1. The molecule has 23 heavy (non-hydrogen) atoms. The lowest BCUT2D eigenvalue weighted by molar-refractivity contribution is -0.115. The van der Waals surface area contributed by atoms with Crippen molar-refractivity contribution >= 4 is 23.2 Å². The van der Waals surface area contributed by atoms with Gasteiger partial charge in [-0.05, 0) is 35.4 Å². The summed E-state index contributed by atoms with van der Waals surface area (Å²) in [6.07, 6.45) is 0. The smallest absolute Gasteiger partial charge is 0.221 e. The van der Waals surface area contributed by atoms with Gasteiger partial charge in [0, 0.05) is 25.2 Å². The summed E-state index contributed by atoms with van der Waals surface area (Å²) in [5, 5.41) is 5.49.